The van der Waals surface area contributed by atoms with E-state index < -0.39 is 17.7 Å². The largest absolute Gasteiger partial charge is 0.387 e. The van der Waals surface area contributed by atoms with E-state index in [9.17, 15) is 13.9 Å². The van der Waals surface area contributed by atoms with E-state index in [0.717, 1.165) is 18.6 Å². The van der Waals surface area contributed by atoms with E-state index in [4.69, 9.17) is 5.73 Å². The van der Waals surface area contributed by atoms with Crippen LogP contribution < -0.4 is 11.1 Å². The van der Waals surface area contributed by atoms with E-state index >= 15 is 0 Å². The predicted molar refractivity (Wildman–Crippen MR) is 57.9 cm³/mol. The Morgan fingerprint density at radius 3 is 2.75 bits per heavy atom. The molecule has 1 aromatic rings. The molecule has 5 heteroatoms. The Bertz CT molecular complexity index is 334. The molecule has 0 radical (unpaired) electrons. The zero-order valence-corrected chi connectivity index (χ0v) is 8.92. The highest BCUT2D eigenvalue weighted by molar-refractivity contribution is 5.21. The highest BCUT2D eigenvalue weighted by Gasteiger charge is 2.12. The topological polar surface area (TPSA) is 58.3 Å². The van der Waals surface area contributed by atoms with Crippen LogP contribution in [0, 0.1) is 11.6 Å². The van der Waals surface area contributed by atoms with E-state index in [1.165, 1.54) is 6.07 Å². The van der Waals surface area contributed by atoms with Crippen molar-refractivity contribution >= 4 is 0 Å². The number of nitrogens with one attached hydrogen (secondary N) is 1. The SMILES string of the molecule is NCCCNCC(O)c1ccc(F)cc1F. The van der Waals surface area contributed by atoms with E-state index in [1.54, 1.807) is 0 Å². The lowest BCUT2D eigenvalue weighted by molar-refractivity contribution is 0.170. The third-order valence-electron chi connectivity index (χ3n) is 2.22. The highest BCUT2D eigenvalue weighted by Crippen LogP contribution is 2.17. The summed E-state index contributed by atoms with van der Waals surface area (Å²) in [7, 11) is 0. The number of hydrogen-bond donors (Lipinski definition) is 3. The van der Waals surface area contributed by atoms with Gasteiger partial charge in [0.1, 0.15) is 11.6 Å². The average Bonchev–Trinajstić information content (AvgIpc) is 2.24. The quantitative estimate of drug-likeness (QED) is 0.637. The number of aliphatic hydroxyl groups is 1. The van der Waals surface area contributed by atoms with Crippen molar-refractivity contribution in [1.82, 2.24) is 5.32 Å². The summed E-state index contributed by atoms with van der Waals surface area (Å²) in [6.45, 7) is 1.45. The lowest BCUT2D eigenvalue weighted by Gasteiger charge is -2.12. The van der Waals surface area contributed by atoms with Gasteiger partial charge in [0.2, 0.25) is 0 Å². The van der Waals surface area contributed by atoms with Gasteiger partial charge in [0.15, 0.2) is 0 Å². The molecule has 0 aliphatic heterocycles. The van der Waals surface area contributed by atoms with Crippen LogP contribution >= 0.6 is 0 Å². The summed E-state index contributed by atoms with van der Waals surface area (Å²) in [6.07, 6.45) is -0.183. The fourth-order valence-electron chi connectivity index (χ4n) is 1.35. The van der Waals surface area contributed by atoms with Crippen LogP contribution in [0.25, 0.3) is 0 Å². The molecule has 16 heavy (non-hydrogen) atoms. The minimum Gasteiger partial charge on any atom is -0.387 e. The van der Waals surface area contributed by atoms with E-state index in [-0.39, 0.29) is 12.1 Å². The monoisotopic (exact) mass is 230 g/mol. The first-order valence-corrected chi connectivity index (χ1v) is 5.19. The minimum absolute atomic E-state index is 0.0987. The molecule has 1 aromatic carbocycles. The Labute approximate surface area is 93.3 Å². The molecule has 0 bridgehead atoms. The van der Waals surface area contributed by atoms with Crippen molar-refractivity contribution < 1.29 is 13.9 Å². The zero-order valence-electron chi connectivity index (χ0n) is 8.92. The first-order chi connectivity index (χ1) is 7.65. The van der Waals surface area contributed by atoms with Crippen LogP contribution in [0.4, 0.5) is 8.78 Å². The van der Waals surface area contributed by atoms with Crippen LogP contribution in [-0.4, -0.2) is 24.7 Å². The number of halogens is 2. The normalized spacial score (nSPS) is 12.8. The number of hydrogen-bond acceptors (Lipinski definition) is 3. The molecule has 1 atom stereocenters. The Balaban J connectivity index is 2.49. The Morgan fingerprint density at radius 1 is 1.38 bits per heavy atom. The van der Waals surface area contributed by atoms with Gasteiger partial charge in [-0.3, -0.25) is 0 Å². The van der Waals surface area contributed by atoms with E-state index in [1.807, 2.05) is 0 Å². The first-order valence-electron chi connectivity index (χ1n) is 5.19. The molecule has 90 valence electrons. The summed E-state index contributed by atoms with van der Waals surface area (Å²) >= 11 is 0. The minimum atomic E-state index is -0.974. The standard InChI is InChI=1S/C11H16F2N2O/c12-8-2-3-9(10(13)6-8)11(16)7-15-5-1-4-14/h2-3,6,11,15-16H,1,4-5,7,14H2. The molecule has 0 spiro atoms. The Morgan fingerprint density at radius 2 is 2.12 bits per heavy atom. The fourth-order valence-corrected chi connectivity index (χ4v) is 1.35. The first kappa shape index (κ1) is 13.0. The third kappa shape index (κ3) is 3.84. The van der Waals surface area contributed by atoms with E-state index in [0.29, 0.717) is 13.1 Å². The maximum absolute atomic E-state index is 13.2. The molecule has 0 aromatic heterocycles. The lowest BCUT2D eigenvalue weighted by atomic mass is 10.1. The molecule has 0 aliphatic rings. The molecular weight excluding hydrogens is 214 g/mol. The summed E-state index contributed by atoms with van der Waals surface area (Å²) in [6, 6.07) is 3.14. The van der Waals surface area contributed by atoms with Gasteiger partial charge in [-0.05, 0) is 25.6 Å². The zero-order chi connectivity index (χ0) is 12.0. The number of nitrogens with two attached hydrogens (primary N) is 1. The molecule has 0 aliphatic carbocycles. The molecule has 0 saturated carbocycles. The van der Waals surface area contributed by atoms with Crippen molar-refractivity contribution in [1.29, 1.82) is 0 Å². The summed E-state index contributed by atoms with van der Waals surface area (Å²) in [5.74, 6) is -1.38. The number of rotatable bonds is 6. The molecule has 0 amide bonds. The summed E-state index contributed by atoms with van der Waals surface area (Å²) in [4.78, 5) is 0. The molecular formula is C11H16F2N2O. The highest BCUT2D eigenvalue weighted by atomic mass is 19.1. The van der Waals surface area contributed by atoms with Crippen LogP contribution in [0.15, 0.2) is 18.2 Å². The molecule has 3 nitrogen and oxygen atoms in total. The maximum Gasteiger partial charge on any atom is 0.131 e. The van der Waals surface area contributed by atoms with Crippen molar-refractivity contribution in [2.45, 2.75) is 12.5 Å². The average molecular weight is 230 g/mol. The molecule has 0 heterocycles. The van der Waals surface area contributed by atoms with Gasteiger partial charge in [-0.2, -0.15) is 0 Å². The molecule has 1 rings (SSSR count). The van der Waals surface area contributed by atoms with Gasteiger partial charge in [-0.25, -0.2) is 8.78 Å². The lowest BCUT2D eigenvalue weighted by Crippen LogP contribution is -2.24. The van der Waals surface area contributed by atoms with E-state index in [2.05, 4.69) is 5.32 Å². The third-order valence-corrected chi connectivity index (χ3v) is 2.22. The van der Waals surface area contributed by atoms with Crippen molar-refractivity contribution in [2.75, 3.05) is 19.6 Å². The second-order valence-corrected chi connectivity index (χ2v) is 3.53. The van der Waals surface area contributed by atoms with Crippen molar-refractivity contribution in [3.63, 3.8) is 0 Å². The Kier molecular flexibility index (Phi) is 5.31. The van der Waals surface area contributed by atoms with Crippen molar-refractivity contribution in [2.24, 2.45) is 5.73 Å². The second kappa shape index (κ2) is 6.52. The summed E-state index contributed by atoms with van der Waals surface area (Å²) < 4.78 is 25.8. The predicted octanol–water partition coefficient (Wildman–Crippen LogP) is 0.937. The van der Waals surface area contributed by atoms with Crippen LogP contribution in [0.3, 0.4) is 0 Å². The van der Waals surface area contributed by atoms with Gasteiger partial charge < -0.3 is 16.2 Å². The number of aliphatic hydroxyl groups excluding tert-OH is 1. The Hall–Kier alpha value is -1.04. The van der Waals surface area contributed by atoms with Crippen LogP contribution in [-0.2, 0) is 0 Å². The van der Waals surface area contributed by atoms with Gasteiger partial charge in [0, 0.05) is 18.2 Å². The van der Waals surface area contributed by atoms with Crippen LogP contribution in [0.1, 0.15) is 18.1 Å². The maximum atomic E-state index is 13.2. The van der Waals surface area contributed by atoms with Crippen LogP contribution in [0.5, 0.6) is 0 Å². The smallest absolute Gasteiger partial charge is 0.131 e. The van der Waals surface area contributed by atoms with Crippen molar-refractivity contribution in [3.05, 3.63) is 35.4 Å². The van der Waals surface area contributed by atoms with Crippen LogP contribution in [0.2, 0.25) is 0 Å². The fraction of sp³-hybridized carbons (Fsp3) is 0.455. The van der Waals surface area contributed by atoms with Gasteiger partial charge in [-0.1, -0.05) is 6.07 Å². The van der Waals surface area contributed by atoms with Crippen molar-refractivity contribution in [3.8, 4) is 0 Å². The van der Waals surface area contributed by atoms with Gasteiger partial charge in [0.25, 0.3) is 0 Å². The summed E-state index contributed by atoms with van der Waals surface area (Å²) in [5.41, 5.74) is 5.39. The van der Waals surface area contributed by atoms with Gasteiger partial charge in [0.05, 0.1) is 6.10 Å². The van der Waals surface area contributed by atoms with Gasteiger partial charge in [-0.15, -0.1) is 0 Å². The molecule has 0 saturated heterocycles. The summed E-state index contributed by atoms with van der Waals surface area (Å²) in [5, 5.41) is 12.6. The molecule has 1 unspecified atom stereocenters. The number of benzene rings is 1. The second-order valence-electron chi connectivity index (χ2n) is 3.53. The molecule has 4 N–H and O–H groups in total. The molecule has 0 fully saturated rings. The van der Waals surface area contributed by atoms with Gasteiger partial charge >= 0.3 is 0 Å².